The quantitative estimate of drug-likeness (QED) is 0.278. The zero-order valence-corrected chi connectivity index (χ0v) is 22.9. The maximum atomic E-state index is 11.8. The Morgan fingerprint density at radius 3 is 2.67 bits per heavy atom. The van der Waals surface area contributed by atoms with Crippen molar-refractivity contribution >= 4 is 23.6 Å². The van der Waals surface area contributed by atoms with E-state index in [-0.39, 0.29) is 11.9 Å². The third-order valence-electron chi connectivity index (χ3n) is 8.05. The molecule has 1 atom stereocenters. The second-order valence-corrected chi connectivity index (χ2v) is 10.6. The van der Waals surface area contributed by atoms with E-state index in [0.29, 0.717) is 24.4 Å². The first-order valence-electron chi connectivity index (χ1n) is 13.8. The second kappa shape index (κ2) is 11.1. The molecule has 0 saturated heterocycles. The van der Waals surface area contributed by atoms with Crippen molar-refractivity contribution in [2.75, 3.05) is 31.8 Å². The molecule has 40 heavy (non-hydrogen) atoms. The third kappa shape index (κ3) is 5.27. The van der Waals surface area contributed by atoms with Crippen molar-refractivity contribution in [2.24, 2.45) is 0 Å². The molecule has 3 N–H and O–H groups in total. The number of ether oxygens (including phenoxy) is 1. The molecule has 0 radical (unpaired) electrons. The van der Waals surface area contributed by atoms with Gasteiger partial charge >= 0.3 is 5.97 Å². The highest BCUT2D eigenvalue weighted by Gasteiger charge is 2.23. The Bertz CT molecular complexity index is 1550. The van der Waals surface area contributed by atoms with Crippen LogP contribution in [0.1, 0.15) is 41.5 Å². The van der Waals surface area contributed by atoms with E-state index >= 15 is 0 Å². The van der Waals surface area contributed by atoms with E-state index in [2.05, 4.69) is 66.9 Å². The lowest BCUT2D eigenvalue weighted by Gasteiger charge is -2.25. The molecule has 206 valence electrons. The normalized spacial score (nSPS) is 16.3. The van der Waals surface area contributed by atoms with Gasteiger partial charge in [0, 0.05) is 17.3 Å². The van der Waals surface area contributed by atoms with Gasteiger partial charge in [0.15, 0.2) is 5.82 Å². The first kappa shape index (κ1) is 25.9. The van der Waals surface area contributed by atoms with Crippen molar-refractivity contribution < 1.29 is 9.53 Å². The van der Waals surface area contributed by atoms with Crippen LogP contribution in [0.4, 0.5) is 17.6 Å². The predicted octanol–water partition coefficient (Wildman–Crippen LogP) is 3.89. The van der Waals surface area contributed by atoms with Crippen LogP contribution < -0.4 is 11.1 Å². The van der Waals surface area contributed by atoms with Crippen LogP contribution in [0.3, 0.4) is 0 Å². The lowest BCUT2D eigenvalue weighted by Crippen LogP contribution is -2.36. The van der Waals surface area contributed by atoms with Gasteiger partial charge in [-0.25, -0.2) is 0 Å². The number of benzene rings is 2. The summed E-state index contributed by atoms with van der Waals surface area (Å²) in [6.45, 7) is 0.305. The second-order valence-electron chi connectivity index (χ2n) is 10.6. The molecule has 10 nitrogen and oxygen atoms in total. The van der Waals surface area contributed by atoms with Gasteiger partial charge in [-0.2, -0.15) is 9.67 Å². The minimum absolute atomic E-state index is 0.163. The lowest BCUT2D eigenvalue weighted by molar-refractivity contribution is -0.142. The summed E-state index contributed by atoms with van der Waals surface area (Å²) in [4.78, 5) is 18.3. The van der Waals surface area contributed by atoms with Gasteiger partial charge < -0.3 is 15.8 Å². The number of nitrogens with two attached hydrogens (primary N) is 1. The number of hydrogen-bond donors (Lipinski definition) is 2. The fraction of sp³-hybridized carbons (Fsp3) is 0.367. The van der Waals surface area contributed by atoms with Crippen LogP contribution in [-0.4, -0.2) is 62.6 Å². The SMILES string of the molecule is COC(=O)CN(C)C1CCc2ccc(Nc3nc(N)nn3-c3cc4c(nn3)-c3ccccc3CCC4)cc2CC1. The molecule has 1 unspecified atom stereocenters. The molecule has 0 amide bonds. The molecule has 2 heterocycles. The molecule has 4 aromatic rings. The molecule has 2 aliphatic rings. The standard InChI is InChI=1S/C30H34N8O2/c1-37(18-27(39)40-2)24-14-11-19-10-13-23(16-21(19)12-15-24)32-30-33-29(31)36-38(30)26-17-22-8-5-7-20-6-3-4-9-25(20)28(22)35-34-26/h3-4,6,9-10,13,16-17,24H,5,7-8,11-12,14-15,18H2,1-2H3,(H3,31,32,33,36). The minimum Gasteiger partial charge on any atom is -0.468 e. The van der Waals surface area contributed by atoms with Gasteiger partial charge in [0.1, 0.15) is 0 Å². The molecule has 0 saturated carbocycles. The molecule has 0 spiro atoms. The van der Waals surface area contributed by atoms with Crippen molar-refractivity contribution in [1.29, 1.82) is 0 Å². The summed E-state index contributed by atoms with van der Waals surface area (Å²) >= 11 is 0. The Balaban J connectivity index is 1.23. The topological polar surface area (TPSA) is 124 Å². The number of methoxy groups -OCH3 is 1. The number of aryl methyl sites for hydroxylation is 4. The van der Waals surface area contributed by atoms with Gasteiger partial charge in [0.2, 0.25) is 11.9 Å². The molecular formula is C30H34N8O2. The highest BCUT2D eigenvalue weighted by molar-refractivity contribution is 5.71. The van der Waals surface area contributed by atoms with E-state index in [1.807, 2.05) is 19.2 Å². The molecule has 2 aromatic carbocycles. The number of anilines is 3. The fourth-order valence-corrected chi connectivity index (χ4v) is 5.88. The van der Waals surface area contributed by atoms with Crippen LogP contribution in [0, 0.1) is 0 Å². The van der Waals surface area contributed by atoms with Crippen LogP contribution >= 0.6 is 0 Å². The van der Waals surface area contributed by atoms with E-state index in [4.69, 9.17) is 10.5 Å². The Kier molecular flexibility index (Phi) is 7.17. The van der Waals surface area contributed by atoms with E-state index in [0.717, 1.165) is 67.5 Å². The number of aromatic nitrogens is 5. The van der Waals surface area contributed by atoms with Gasteiger partial charge in [0.05, 0.1) is 19.3 Å². The van der Waals surface area contributed by atoms with Crippen LogP contribution in [0.5, 0.6) is 0 Å². The minimum atomic E-state index is -0.205. The summed E-state index contributed by atoms with van der Waals surface area (Å²) in [5.41, 5.74) is 14.1. The van der Waals surface area contributed by atoms with E-state index in [1.54, 1.807) is 4.68 Å². The Hall–Kier alpha value is -4.31. The van der Waals surface area contributed by atoms with Crippen molar-refractivity contribution in [3.05, 3.63) is 70.8 Å². The molecule has 6 rings (SSSR count). The van der Waals surface area contributed by atoms with Crippen molar-refractivity contribution in [1.82, 2.24) is 29.9 Å². The van der Waals surface area contributed by atoms with Gasteiger partial charge in [-0.05, 0) is 92.4 Å². The number of hydrogen-bond acceptors (Lipinski definition) is 9. The van der Waals surface area contributed by atoms with Crippen molar-refractivity contribution in [2.45, 2.75) is 51.0 Å². The van der Waals surface area contributed by atoms with Gasteiger partial charge in [0.25, 0.3) is 0 Å². The first-order chi connectivity index (χ1) is 19.5. The number of likely N-dealkylation sites (N-methyl/N-ethyl adjacent to an activating group) is 1. The smallest absolute Gasteiger partial charge is 0.319 e. The largest absolute Gasteiger partial charge is 0.468 e. The number of esters is 1. The highest BCUT2D eigenvalue weighted by Crippen LogP contribution is 2.32. The van der Waals surface area contributed by atoms with Crippen molar-refractivity contribution in [3.8, 4) is 17.1 Å². The molecule has 10 heteroatoms. The predicted molar refractivity (Wildman–Crippen MR) is 154 cm³/mol. The summed E-state index contributed by atoms with van der Waals surface area (Å²) in [6.07, 6.45) is 6.84. The number of nitrogens with zero attached hydrogens (tertiary/aromatic N) is 6. The maximum absolute atomic E-state index is 11.8. The first-order valence-corrected chi connectivity index (χ1v) is 13.8. The summed E-state index contributed by atoms with van der Waals surface area (Å²) in [7, 11) is 3.42. The molecule has 0 fully saturated rings. The van der Waals surface area contributed by atoms with E-state index < -0.39 is 0 Å². The number of carbonyl (C=O) groups excluding carboxylic acids is 1. The van der Waals surface area contributed by atoms with Crippen LogP contribution in [0.15, 0.2) is 48.5 Å². The summed E-state index contributed by atoms with van der Waals surface area (Å²) in [5, 5.41) is 17.0. The molecule has 2 aliphatic carbocycles. The Morgan fingerprint density at radius 1 is 1.02 bits per heavy atom. The average Bonchev–Trinajstić information content (AvgIpc) is 3.11. The number of nitrogens with one attached hydrogen (secondary N) is 1. The van der Waals surface area contributed by atoms with Gasteiger partial charge in [-0.15, -0.1) is 15.3 Å². The Labute approximate surface area is 233 Å². The summed E-state index contributed by atoms with van der Waals surface area (Å²) < 4.78 is 6.48. The van der Waals surface area contributed by atoms with E-state index in [9.17, 15) is 4.79 Å². The summed E-state index contributed by atoms with van der Waals surface area (Å²) in [6, 6.07) is 17.2. The number of nitrogen functional groups attached to an aromatic ring is 1. The van der Waals surface area contributed by atoms with E-state index in [1.165, 1.54) is 23.8 Å². The van der Waals surface area contributed by atoms with Crippen LogP contribution in [0.2, 0.25) is 0 Å². The number of fused-ring (bicyclic) bond motifs is 4. The molecule has 2 aromatic heterocycles. The van der Waals surface area contributed by atoms with Gasteiger partial charge in [-0.3, -0.25) is 9.69 Å². The zero-order chi connectivity index (χ0) is 27.6. The van der Waals surface area contributed by atoms with Crippen molar-refractivity contribution in [3.63, 3.8) is 0 Å². The summed E-state index contributed by atoms with van der Waals surface area (Å²) in [5.74, 6) is 1.03. The van der Waals surface area contributed by atoms with Crippen LogP contribution in [-0.2, 0) is 35.2 Å². The monoisotopic (exact) mass is 538 g/mol. The highest BCUT2D eigenvalue weighted by atomic mass is 16.5. The molecule has 0 bridgehead atoms. The number of rotatable bonds is 6. The lowest BCUT2D eigenvalue weighted by atomic mass is 10.0. The zero-order valence-electron chi connectivity index (χ0n) is 22.9. The van der Waals surface area contributed by atoms with Crippen LogP contribution in [0.25, 0.3) is 17.1 Å². The molecule has 0 aliphatic heterocycles. The fourth-order valence-electron chi connectivity index (χ4n) is 5.88. The molecular weight excluding hydrogens is 504 g/mol. The average molecular weight is 539 g/mol. The number of carbonyl (C=O) groups is 1. The maximum Gasteiger partial charge on any atom is 0.319 e. The Morgan fingerprint density at radius 2 is 1.82 bits per heavy atom. The third-order valence-corrected chi connectivity index (χ3v) is 8.05. The van der Waals surface area contributed by atoms with Gasteiger partial charge in [-0.1, -0.05) is 30.3 Å².